The first kappa shape index (κ1) is 12.5. The highest BCUT2D eigenvalue weighted by Crippen LogP contribution is 2.22. The molecule has 1 saturated heterocycles. The van der Waals surface area contributed by atoms with Gasteiger partial charge in [-0.3, -0.25) is 9.69 Å². The number of aliphatic carboxylic acids is 1. The third kappa shape index (κ3) is 3.47. The highest BCUT2D eigenvalue weighted by Gasteiger charge is 2.33. The Morgan fingerprint density at radius 2 is 2.00 bits per heavy atom. The Hall–Kier alpha value is -0.610. The number of nitrogens with zero attached hydrogens (tertiary/aromatic N) is 1. The van der Waals surface area contributed by atoms with Crippen LogP contribution in [0.2, 0.25) is 0 Å². The van der Waals surface area contributed by atoms with Crippen molar-refractivity contribution >= 4 is 5.97 Å². The van der Waals surface area contributed by atoms with Crippen LogP contribution in [0.3, 0.4) is 0 Å². The minimum atomic E-state index is -0.734. The van der Waals surface area contributed by atoms with Gasteiger partial charge < -0.3 is 9.84 Å². The van der Waals surface area contributed by atoms with Crippen LogP contribution < -0.4 is 0 Å². The van der Waals surface area contributed by atoms with Crippen LogP contribution in [0.25, 0.3) is 0 Å². The zero-order valence-electron chi connectivity index (χ0n) is 9.82. The van der Waals surface area contributed by atoms with E-state index in [2.05, 4.69) is 0 Å². The summed E-state index contributed by atoms with van der Waals surface area (Å²) in [6.45, 7) is 5.66. The molecule has 1 rings (SSSR count). The van der Waals surface area contributed by atoms with Gasteiger partial charge in [0, 0.05) is 13.5 Å². The Morgan fingerprint density at radius 3 is 2.40 bits per heavy atom. The molecule has 0 aromatic carbocycles. The normalized spacial score (nSPS) is 20.5. The molecule has 4 nitrogen and oxygen atoms in total. The van der Waals surface area contributed by atoms with E-state index in [-0.39, 0.29) is 5.60 Å². The first-order valence-electron chi connectivity index (χ1n) is 5.48. The van der Waals surface area contributed by atoms with Crippen molar-refractivity contribution in [2.45, 2.75) is 44.8 Å². The predicted molar refractivity (Wildman–Crippen MR) is 57.9 cm³/mol. The van der Waals surface area contributed by atoms with E-state index in [1.807, 2.05) is 18.7 Å². The number of likely N-dealkylation sites (tertiary alicyclic amines) is 1. The Morgan fingerprint density at radius 1 is 1.47 bits per heavy atom. The van der Waals surface area contributed by atoms with E-state index in [1.54, 1.807) is 7.11 Å². The fourth-order valence-electron chi connectivity index (χ4n) is 1.97. The fourth-order valence-corrected chi connectivity index (χ4v) is 1.97. The predicted octanol–water partition coefficient (Wildman–Crippen LogP) is 1.35. The lowest BCUT2D eigenvalue weighted by Crippen LogP contribution is -2.44. The van der Waals surface area contributed by atoms with Crippen LogP contribution in [0.15, 0.2) is 0 Å². The van der Waals surface area contributed by atoms with Gasteiger partial charge >= 0.3 is 5.97 Å². The van der Waals surface area contributed by atoms with E-state index in [0.29, 0.717) is 6.42 Å². The molecule has 1 aliphatic heterocycles. The molecule has 0 aromatic heterocycles. The molecule has 1 fully saturated rings. The third-order valence-corrected chi connectivity index (χ3v) is 3.10. The van der Waals surface area contributed by atoms with E-state index >= 15 is 0 Å². The standard InChI is InChI=1S/C11H21NO3/c1-11(2,15-3)8-9(10(13)14)12-6-4-5-7-12/h9H,4-8H2,1-3H3,(H,13,14). The van der Waals surface area contributed by atoms with E-state index < -0.39 is 12.0 Å². The molecule has 1 atom stereocenters. The van der Waals surface area contributed by atoms with Gasteiger partial charge in [-0.25, -0.2) is 0 Å². The summed E-state index contributed by atoms with van der Waals surface area (Å²) in [6, 6.07) is -0.401. The van der Waals surface area contributed by atoms with E-state index in [0.717, 1.165) is 25.9 Å². The van der Waals surface area contributed by atoms with Gasteiger partial charge in [0.05, 0.1) is 5.60 Å². The molecule has 0 bridgehead atoms. The number of ether oxygens (including phenoxy) is 1. The summed E-state index contributed by atoms with van der Waals surface area (Å²) in [5, 5.41) is 9.20. The maximum atomic E-state index is 11.2. The van der Waals surface area contributed by atoms with Crippen molar-refractivity contribution in [1.82, 2.24) is 4.90 Å². The second-order valence-corrected chi connectivity index (χ2v) is 4.77. The zero-order chi connectivity index (χ0) is 11.5. The molecule has 1 heterocycles. The highest BCUT2D eigenvalue weighted by molar-refractivity contribution is 5.73. The molecule has 4 heteroatoms. The number of hydrogen-bond donors (Lipinski definition) is 1. The van der Waals surface area contributed by atoms with Crippen LogP contribution in [-0.2, 0) is 9.53 Å². The monoisotopic (exact) mass is 215 g/mol. The molecule has 15 heavy (non-hydrogen) atoms. The first-order valence-corrected chi connectivity index (χ1v) is 5.48. The number of carboxylic acids is 1. The highest BCUT2D eigenvalue weighted by atomic mass is 16.5. The van der Waals surface area contributed by atoms with Gasteiger partial charge in [0.25, 0.3) is 0 Å². The molecule has 0 amide bonds. The van der Waals surface area contributed by atoms with Gasteiger partial charge in [0.15, 0.2) is 0 Å². The quantitative estimate of drug-likeness (QED) is 0.752. The van der Waals surface area contributed by atoms with Crippen LogP contribution in [-0.4, -0.2) is 47.8 Å². The minimum Gasteiger partial charge on any atom is -0.480 e. The second-order valence-electron chi connectivity index (χ2n) is 4.77. The summed E-state index contributed by atoms with van der Waals surface area (Å²) in [5.74, 6) is -0.734. The van der Waals surface area contributed by atoms with Gasteiger partial charge in [0.1, 0.15) is 6.04 Å². The van der Waals surface area contributed by atoms with Crippen molar-refractivity contribution in [3.63, 3.8) is 0 Å². The summed E-state index contributed by atoms with van der Waals surface area (Å²) in [6.07, 6.45) is 2.76. The lowest BCUT2D eigenvalue weighted by molar-refractivity contribution is -0.145. The van der Waals surface area contributed by atoms with Crippen molar-refractivity contribution < 1.29 is 14.6 Å². The van der Waals surface area contributed by atoms with E-state index in [4.69, 9.17) is 4.74 Å². The van der Waals surface area contributed by atoms with Crippen molar-refractivity contribution in [3.8, 4) is 0 Å². The fraction of sp³-hybridized carbons (Fsp3) is 0.909. The van der Waals surface area contributed by atoms with E-state index in [9.17, 15) is 9.90 Å². The second kappa shape index (κ2) is 4.94. The summed E-state index contributed by atoms with van der Waals surface area (Å²) >= 11 is 0. The van der Waals surface area contributed by atoms with Gasteiger partial charge in [-0.05, 0) is 39.8 Å². The SMILES string of the molecule is COC(C)(C)CC(C(=O)O)N1CCCC1. The molecule has 88 valence electrons. The molecule has 0 saturated carbocycles. The Labute approximate surface area is 91.2 Å². The lowest BCUT2D eigenvalue weighted by Gasteiger charge is -2.31. The van der Waals surface area contributed by atoms with E-state index in [1.165, 1.54) is 0 Å². The summed E-state index contributed by atoms with van der Waals surface area (Å²) in [7, 11) is 1.63. The summed E-state index contributed by atoms with van der Waals surface area (Å²) in [5.41, 5.74) is -0.369. The Bertz CT molecular complexity index is 222. The third-order valence-electron chi connectivity index (χ3n) is 3.10. The molecular formula is C11H21NO3. The maximum Gasteiger partial charge on any atom is 0.321 e. The van der Waals surface area contributed by atoms with Crippen molar-refractivity contribution in [2.24, 2.45) is 0 Å². The molecule has 0 spiro atoms. The van der Waals surface area contributed by atoms with Crippen molar-refractivity contribution in [2.75, 3.05) is 20.2 Å². The maximum absolute atomic E-state index is 11.2. The average molecular weight is 215 g/mol. The molecule has 1 N–H and O–H groups in total. The number of carbonyl (C=O) groups is 1. The van der Waals surface area contributed by atoms with Gasteiger partial charge in [-0.2, -0.15) is 0 Å². The number of rotatable bonds is 5. The van der Waals surface area contributed by atoms with Crippen LogP contribution >= 0.6 is 0 Å². The minimum absolute atomic E-state index is 0.369. The number of hydrogen-bond acceptors (Lipinski definition) is 3. The summed E-state index contributed by atoms with van der Waals surface area (Å²) in [4.78, 5) is 13.2. The van der Waals surface area contributed by atoms with Gasteiger partial charge in [0.2, 0.25) is 0 Å². The van der Waals surface area contributed by atoms with Crippen LogP contribution in [0.5, 0.6) is 0 Å². The zero-order valence-corrected chi connectivity index (χ0v) is 9.82. The van der Waals surface area contributed by atoms with Gasteiger partial charge in [-0.15, -0.1) is 0 Å². The average Bonchev–Trinajstić information content (AvgIpc) is 2.66. The van der Waals surface area contributed by atoms with Crippen LogP contribution in [0.1, 0.15) is 33.1 Å². The molecule has 0 radical (unpaired) electrons. The molecule has 1 unspecified atom stereocenters. The summed E-state index contributed by atoms with van der Waals surface area (Å²) < 4.78 is 5.29. The Kier molecular flexibility index (Phi) is 4.11. The molecular weight excluding hydrogens is 194 g/mol. The number of carboxylic acid groups (broad SMARTS) is 1. The lowest BCUT2D eigenvalue weighted by atomic mass is 9.98. The molecule has 0 aromatic rings. The van der Waals surface area contributed by atoms with Crippen molar-refractivity contribution in [1.29, 1.82) is 0 Å². The van der Waals surface area contributed by atoms with Crippen molar-refractivity contribution in [3.05, 3.63) is 0 Å². The largest absolute Gasteiger partial charge is 0.480 e. The first-order chi connectivity index (χ1) is 6.96. The topological polar surface area (TPSA) is 49.8 Å². The Balaban J connectivity index is 2.61. The molecule has 0 aliphatic carbocycles. The van der Waals surface area contributed by atoms with Gasteiger partial charge in [-0.1, -0.05) is 0 Å². The van der Waals surface area contributed by atoms with Crippen LogP contribution in [0.4, 0.5) is 0 Å². The molecule has 1 aliphatic rings. The smallest absolute Gasteiger partial charge is 0.321 e. The van der Waals surface area contributed by atoms with Crippen LogP contribution in [0, 0.1) is 0 Å². The number of methoxy groups -OCH3 is 1.